The van der Waals surface area contributed by atoms with Gasteiger partial charge in [0, 0.05) is 19.1 Å². The van der Waals surface area contributed by atoms with E-state index in [2.05, 4.69) is 42.2 Å². The van der Waals surface area contributed by atoms with Crippen LogP contribution in [-0.2, 0) is 6.54 Å². The summed E-state index contributed by atoms with van der Waals surface area (Å²) >= 11 is 0. The Bertz CT molecular complexity index is 434. The van der Waals surface area contributed by atoms with Crippen LogP contribution in [0, 0.1) is 22.7 Å². The van der Waals surface area contributed by atoms with E-state index in [1.54, 1.807) is 0 Å². The van der Waals surface area contributed by atoms with Crippen LogP contribution in [0.25, 0.3) is 0 Å². The van der Waals surface area contributed by atoms with Crippen molar-refractivity contribution in [2.24, 2.45) is 11.3 Å². The zero-order valence-corrected chi connectivity index (χ0v) is 9.56. The first-order valence-corrected chi connectivity index (χ1v) is 5.95. The van der Waals surface area contributed by atoms with E-state index in [0.717, 1.165) is 19.5 Å². The predicted octanol–water partition coefficient (Wildman–Crippen LogP) is 2.42. The minimum absolute atomic E-state index is 0.00518. The van der Waals surface area contributed by atoms with Gasteiger partial charge >= 0.3 is 0 Å². The van der Waals surface area contributed by atoms with Gasteiger partial charge in [0.25, 0.3) is 0 Å². The zero-order chi connectivity index (χ0) is 11.2. The van der Waals surface area contributed by atoms with Crippen LogP contribution in [0.2, 0.25) is 0 Å². The molecule has 2 aliphatic rings. The molecule has 1 aliphatic carbocycles. The smallest absolute Gasteiger partial charge is 0.0770 e. The van der Waals surface area contributed by atoms with Gasteiger partial charge < -0.3 is 0 Å². The van der Waals surface area contributed by atoms with E-state index in [9.17, 15) is 5.26 Å². The maximum atomic E-state index is 9.24. The van der Waals surface area contributed by atoms with E-state index < -0.39 is 0 Å². The molecular formula is C14H16N2. The van der Waals surface area contributed by atoms with Gasteiger partial charge in [-0.25, -0.2) is 0 Å². The van der Waals surface area contributed by atoms with Gasteiger partial charge in [0.2, 0.25) is 0 Å². The molecule has 1 aliphatic heterocycles. The molecule has 0 radical (unpaired) electrons. The summed E-state index contributed by atoms with van der Waals surface area (Å²) in [6.45, 7) is 4.30. The number of rotatable bonds is 2. The Morgan fingerprint density at radius 2 is 2.19 bits per heavy atom. The lowest BCUT2D eigenvalue weighted by atomic mass is 10.00. The van der Waals surface area contributed by atoms with Crippen molar-refractivity contribution in [3.63, 3.8) is 0 Å². The van der Waals surface area contributed by atoms with Crippen LogP contribution < -0.4 is 0 Å². The first-order valence-electron chi connectivity index (χ1n) is 5.95. The number of hydrogen-bond donors (Lipinski definition) is 0. The largest absolute Gasteiger partial charge is 0.294 e. The lowest BCUT2D eigenvalue weighted by Gasteiger charge is -2.26. The van der Waals surface area contributed by atoms with Crippen molar-refractivity contribution in [3.8, 4) is 6.07 Å². The van der Waals surface area contributed by atoms with Gasteiger partial charge in [0.1, 0.15) is 0 Å². The average molecular weight is 212 g/mol. The van der Waals surface area contributed by atoms with Crippen molar-refractivity contribution in [2.75, 3.05) is 6.54 Å². The minimum Gasteiger partial charge on any atom is -0.294 e. The normalized spacial score (nSPS) is 36.8. The summed E-state index contributed by atoms with van der Waals surface area (Å²) in [5.41, 5.74) is 1.35. The number of hydrogen-bond acceptors (Lipinski definition) is 2. The molecule has 1 heterocycles. The number of fused-ring (bicyclic) bond motifs is 1. The molecule has 0 spiro atoms. The monoisotopic (exact) mass is 212 g/mol. The molecule has 3 atom stereocenters. The number of nitriles is 1. The van der Waals surface area contributed by atoms with Gasteiger partial charge in [-0.3, -0.25) is 4.90 Å². The molecule has 2 heteroatoms. The van der Waals surface area contributed by atoms with Crippen LogP contribution in [0.5, 0.6) is 0 Å². The van der Waals surface area contributed by atoms with Crippen LogP contribution in [0.1, 0.15) is 18.9 Å². The highest BCUT2D eigenvalue weighted by atomic mass is 15.2. The van der Waals surface area contributed by atoms with Crippen molar-refractivity contribution in [1.82, 2.24) is 4.90 Å². The molecule has 2 fully saturated rings. The molecule has 0 aromatic heterocycles. The molecule has 0 N–H and O–H groups in total. The second kappa shape index (κ2) is 3.33. The zero-order valence-electron chi connectivity index (χ0n) is 9.56. The summed E-state index contributed by atoms with van der Waals surface area (Å²) in [4.78, 5) is 2.45. The van der Waals surface area contributed by atoms with E-state index in [0.29, 0.717) is 12.0 Å². The lowest BCUT2D eigenvalue weighted by Crippen LogP contribution is -2.33. The number of benzene rings is 1. The topological polar surface area (TPSA) is 27.0 Å². The van der Waals surface area contributed by atoms with Crippen LogP contribution in [0.4, 0.5) is 0 Å². The molecule has 1 aromatic rings. The SMILES string of the molecule is C[C@H]1N(Cc2ccccc2)C[C@H]2C[C@]21C#N. The third kappa shape index (κ3) is 1.28. The van der Waals surface area contributed by atoms with Gasteiger partial charge in [0.05, 0.1) is 11.5 Å². The summed E-state index contributed by atoms with van der Waals surface area (Å²) in [6, 6.07) is 13.5. The van der Waals surface area contributed by atoms with Gasteiger partial charge in [0.15, 0.2) is 0 Å². The highest BCUT2D eigenvalue weighted by Crippen LogP contribution is 2.61. The van der Waals surface area contributed by atoms with Crippen LogP contribution in [-0.4, -0.2) is 17.5 Å². The average Bonchev–Trinajstić information content (AvgIpc) is 2.97. The molecule has 2 nitrogen and oxygen atoms in total. The molecule has 0 unspecified atom stereocenters. The fraction of sp³-hybridized carbons (Fsp3) is 0.500. The standard InChI is InChI=1S/C14H16N2/c1-11-14(10-15)7-13(14)9-16(11)8-12-5-3-2-4-6-12/h2-6,11,13H,7-9H2,1H3/t11-,13-,14-/m1/s1. The Labute approximate surface area is 96.5 Å². The van der Waals surface area contributed by atoms with E-state index >= 15 is 0 Å². The highest BCUT2D eigenvalue weighted by molar-refractivity contribution is 5.26. The van der Waals surface area contributed by atoms with Crippen molar-refractivity contribution in [1.29, 1.82) is 5.26 Å². The van der Waals surface area contributed by atoms with E-state index in [1.165, 1.54) is 5.56 Å². The van der Waals surface area contributed by atoms with Crippen molar-refractivity contribution < 1.29 is 0 Å². The fourth-order valence-corrected chi connectivity index (χ4v) is 3.10. The second-order valence-electron chi connectivity index (χ2n) is 5.14. The summed E-state index contributed by atoms with van der Waals surface area (Å²) in [6.07, 6.45) is 1.12. The molecule has 82 valence electrons. The second-order valence-corrected chi connectivity index (χ2v) is 5.14. The molecule has 0 bridgehead atoms. The Balaban J connectivity index is 1.74. The van der Waals surface area contributed by atoms with Crippen LogP contribution >= 0.6 is 0 Å². The van der Waals surface area contributed by atoms with Crippen molar-refractivity contribution >= 4 is 0 Å². The Morgan fingerprint density at radius 1 is 1.44 bits per heavy atom. The first kappa shape index (κ1) is 9.86. The lowest BCUT2D eigenvalue weighted by molar-refractivity contribution is 0.209. The van der Waals surface area contributed by atoms with Crippen molar-refractivity contribution in [3.05, 3.63) is 35.9 Å². The molecule has 3 rings (SSSR count). The predicted molar refractivity (Wildman–Crippen MR) is 62.5 cm³/mol. The molecule has 1 saturated carbocycles. The maximum absolute atomic E-state index is 9.24. The quantitative estimate of drug-likeness (QED) is 0.752. The summed E-state index contributed by atoms with van der Waals surface area (Å²) in [5, 5.41) is 9.24. The van der Waals surface area contributed by atoms with Crippen molar-refractivity contribution in [2.45, 2.75) is 25.9 Å². The van der Waals surface area contributed by atoms with E-state index in [4.69, 9.17) is 0 Å². The summed E-state index contributed by atoms with van der Waals surface area (Å²) < 4.78 is 0. The van der Waals surface area contributed by atoms with Crippen LogP contribution in [0.3, 0.4) is 0 Å². The van der Waals surface area contributed by atoms with Crippen LogP contribution in [0.15, 0.2) is 30.3 Å². The third-order valence-electron chi connectivity index (χ3n) is 4.34. The molecule has 1 saturated heterocycles. The fourth-order valence-electron chi connectivity index (χ4n) is 3.10. The number of piperidine rings is 1. The first-order chi connectivity index (χ1) is 7.76. The molecule has 1 aromatic carbocycles. The van der Waals surface area contributed by atoms with E-state index in [-0.39, 0.29) is 5.41 Å². The minimum atomic E-state index is -0.00518. The Kier molecular flexibility index (Phi) is 2.05. The molecule has 0 amide bonds. The highest BCUT2D eigenvalue weighted by Gasteiger charge is 2.64. The third-order valence-corrected chi connectivity index (χ3v) is 4.34. The number of nitrogens with zero attached hydrogens (tertiary/aromatic N) is 2. The van der Waals surface area contributed by atoms with Gasteiger partial charge in [-0.2, -0.15) is 5.26 Å². The summed E-state index contributed by atoms with van der Waals surface area (Å²) in [5.74, 6) is 0.635. The maximum Gasteiger partial charge on any atom is 0.0770 e. The van der Waals surface area contributed by atoms with Gasteiger partial charge in [-0.15, -0.1) is 0 Å². The van der Waals surface area contributed by atoms with E-state index in [1.807, 2.05) is 6.07 Å². The Hall–Kier alpha value is -1.33. The number of likely N-dealkylation sites (tertiary alicyclic amines) is 1. The molecule has 16 heavy (non-hydrogen) atoms. The molecular weight excluding hydrogens is 196 g/mol. The van der Waals surface area contributed by atoms with Gasteiger partial charge in [-0.1, -0.05) is 30.3 Å². The van der Waals surface area contributed by atoms with Gasteiger partial charge in [-0.05, 0) is 24.8 Å². The summed E-state index contributed by atoms with van der Waals surface area (Å²) in [7, 11) is 0. The Morgan fingerprint density at radius 3 is 2.81 bits per heavy atom.